The predicted octanol–water partition coefficient (Wildman–Crippen LogP) is 2.94. The third kappa shape index (κ3) is 4.97. The number of amides is 1. The SMILES string of the molecule is CCC(CC(C)C(C)NC)CC(C)(CC)C(N)=O. The van der Waals surface area contributed by atoms with Crippen LogP contribution in [-0.2, 0) is 4.79 Å². The molecule has 0 rings (SSSR count). The molecule has 0 aromatic carbocycles. The number of hydrogen-bond acceptors (Lipinski definition) is 2. The Kier molecular flexibility index (Phi) is 7.53. The average molecular weight is 256 g/mol. The maximum atomic E-state index is 11.6. The van der Waals surface area contributed by atoms with Crippen LogP contribution in [0.25, 0.3) is 0 Å². The minimum atomic E-state index is -0.344. The van der Waals surface area contributed by atoms with Gasteiger partial charge in [0, 0.05) is 11.5 Å². The van der Waals surface area contributed by atoms with E-state index in [4.69, 9.17) is 5.73 Å². The van der Waals surface area contributed by atoms with Crippen LogP contribution in [0.2, 0.25) is 0 Å². The second kappa shape index (κ2) is 7.78. The van der Waals surface area contributed by atoms with Crippen molar-refractivity contribution < 1.29 is 4.79 Å². The molecule has 0 aliphatic heterocycles. The van der Waals surface area contributed by atoms with Gasteiger partial charge in [0.15, 0.2) is 0 Å². The molecule has 0 aromatic heterocycles. The maximum absolute atomic E-state index is 11.6. The zero-order valence-corrected chi connectivity index (χ0v) is 13.0. The summed E-state index contributed by atoms with van der Waals surface area (Å²) in [6.45, 7) is 10.8. The van der Waals surface area contributed by atoms with Crippen LogP contribution in [-0.4, -0.2) is 19.0 Å². The number of nitrogens with two attached hydrogens (primary N) is 1. The molecule has 0 radical (unpaired) electrons. The van der Waals surface area contributed by atoms with Crippen molar-refractivity contribution in [3.63, 3.8) is 0 Å². The Morgan fingerprint density at radius 2 is 1.89 bits per heavy atom. The molecule has 0 fully saturated rings. The molecular formula is C15H32N2O. The van der Waals surface area contributed by atoms with Gasteiger partial charge in [-0.05, 0) is 45.1 Å². The van der Waals surface area contributed by atoms with Gasteiger partial charge in [0.05, 0.1) is 0 Å². The van der Waals surface area contributed by atoms with E-state index in [0.29, 0.717) is 17.9 Å². The molecule has 0 saturated heterocycles. The molecule has 0 aromatic rings. The van der Waals surface area contributed by atoms with Crippen molar-refractivity contribution in [1.82, 2.24) is 5.32 Å². The minimum Gasteiger partial charge on any atom is -0.369 e. The number of nitrogens with one attached hydrogen (secondary N) is 1. The van der Waals surface area contributed by atoms with Crippen LogP contribution in [0.1, 0.15) is 60.3 Å². The van der Waals surface area contributed by atoms with E-state index in [1.165, 1.54) is 0 Å². The molecule has 4 unspecified atom stereocenters. The zero-order chi connectivity index (χ0) is 14.3. The highest BCUT2D eigenvalue weighted by Crippen LogP contribution is 2.34. The first-order valence-electron chi connectivity index (χ1n) is 7.27. The van der Waals surface area contributed by atoms with Crippen LogP contribution in [0.5, 0.6) is 0 Å². The van der Waals surface area contributed by atoms with Gasteiger partial charge in [-0.25, -0.2) is 0 Å². The van der Waals surface area contributed by atoms with Crippen LogP contribution < -0.4 is 11.1 Å². The number of hydrogen-bond donors (Lipinski definition) is 2. The first-order valence-corrected chi connectivity index (χ1v) is 7.27. The summed E-state index contributed by atoms with van der Waals surface area (Å²) in [5, 5.41) is 3.30. The molecule has 3 nitrogen and oxygen atoms in total. The quantitative estimate of drug-likeness (QED) is 0.666. The summed E-state index contributed by atoms with van der Waals surface area (Å²) >= 11 is 0. The van der Waals surface area contributed by atoms with Crippen molar-refractivity contribution in [1.29, 1.82) is 0 Å². The summed E-state index contributed by atoms with van der Waals surface area (Å²) in [7, 11) is 2.00. The first kappa shape index (κ1) is 17.4. The number of rotatable bonds is 9. The van der Waals surface area contributed by atoms with E-state index in [1.54, 1.807) is 0 Å². The Hall–Kier alpha value is -0.570. The first-order chi connectivity index (χ1) is 8.30. The number of carbonyl (C=O) groups excluding carboxylic acids is 1. The third-order valence-corrected chi connectivity index (χ3v) is 4.71. The van der Waals surface area contributed by atoms with Crippen molar-refractivity contribution in [2.45, 2.75) is 66.3 Å². The molecule has 18 heavy (non-hydrogen) atoms. The molecule has 0 saturated carbocycles. The van der Waals surface area contributed by atoms with Gasteiger partial charge >= 0.3 is 0 Å². The monoisotopic (exact) mass is 256 g/mol. The Morgan fingerprint density at radius 3 is 2.22 bits per heavy atom. The minimum absolute atomic E-state index is 0.155. The Balaban J connectivity index is 4.56. The highest BCUT2D eigenvalue weighted by Gasteiger charge is 2.32. The van der Waals surface area contributed by atoms with E-state index in [0.717, 1.165) is 25.7 Å². The van der Waals surface area contributed by atoms with Gasteiger partial charge in [0.25, 0.3) is 0 Å². The Morgan fingerprint density at radius 1 is 1.33 bits per heavy atom. The molecule has 3 N–H and O–H groups in total. The molecule has 108 valence electrons. The molecule has 3 heteroatoms. The number of carbonyl (C=O) groups is 1. The van der Waals surface area contributed by atoms with E-state index < -0.39 is 0 Å². The highest BCUT2D eigenvalue weighted by molar-refractivity contribution is 5.80. The summed E-state index contributed by atoms with van der Waals surface area (Å²) in [6, 6.07) is 0.514. The van der Waals surface area contributed by atoms with E-state index >= 15 is 0 Å². The van der Waals surface area contributed by atoms with E-state index in [2.05, 4.69) is 33.0 Å². The van der Waals surface area contributed by atoms with Crippen LogP contribution >= 0.6 is 0 Å². The molecule has 0 bridgehead atoms. The van der Waals surface area contributed by atoms with Crippen molar-refractivity contribution >= 4 is 5.91 Å². The van der Waals surface area contributed by atoms with E-state index in [9.17, 15) is 4.79 Å². The fourth-order valence-corrected chi connectivity index (χ4v) is 2.47. The van der Waals surface area contributed by atoms with Crippen LogP contribution in [0.15, 0.2) is 0 Å². The summed E-state index contributed by atoms with van der Waals surface area (Å²) < 4.78 is 0. The predicted molar refractivity (Wildman–Crippen MR) is 78.3 cm³/mol. The van der Waals surface area contributed by atoms with Crippen molar-refractivity contribution in [3.8, 4) is 0 Å². The second-order valence-corrected chi connectivity index (χ2v) is 6.05. The van der Waals surface area contributed by atoms with Gasteiger partial charge in [0.1, 0.15) is 0 Å². The highest BCUT2D eigenvalue weighted by atomic mass is 16.1. The lowest BCUT2D eigenvalue weighted by molar-refractivity contribution is -0.128. The summed E-state index contributed by atoms with van der Waals surface area (Å²) in [4.78, 5) is 11.6. The Bertz CT molecular complexity index is 255. The van der Waals surface area contributed by atoms with E-state index in [-0.39, 0.29) is 11.3 Å². The summed E-state index contributed by atoms with van der Waals surface area (Å²) in [6.07, 6.45) is 4.01. The molecule has 4 atom stereocenters. The molecule has 0 aliphatic carbocycles. The maximum Gasteiger partial charge on any atom is 0.223 e. The lowest BCUT2D eigenvalue weighted by Crippen LogP contribution is -2.37. The summed E-state index contributed by atoms with van der Waals surface area (Å²) in [5.74, 6) is 1.04. The standard InChI is InChI=1S/C15H32N2O/c1-7-13(9-11(3)12(4)17-6)10-15(5,8-2)14(16)18/h11-13,17H,7-10H2,1-6H3,(H2,16,18). The molecule has 0 heterocycles. The second-order valence-electron chi connectivity index (χ2n) is 6.05. The zero-order valence-electron chi connectivity index (χ0n) is 13.0. The summed E-state index contributed by atoms with van der Waals surface area (Å²) in [5.41, 5.74) is 5.21. The van der Waals surface area contributed by atoms with Gasteiger partial charge in [-0.1, -0.05) is 34.1 Å². The van der Waals surface area contributed by atoms with Gasteiger partial charge in [-0.2, -0.15) is 0 Å². The molecule has 1 amide bonds. The largest absolute Gasteiger partial charge is 0.369 e. The molecular weight excluding hydrogens is 224 g/mol. The molecule has 0 spiro atoms. The van der Waals surface area contributed by atoms with Crippen molar-refractivity contribution in [3.05, 3.63) is 0 Å². The van der Waals surface area contributed by atoms with Gasteiger partial charge in [0.2, 0.25) is 5.91 Å². The Labute approximate surface area is 113 Å². The number of primary amides is 1. The van der Waals surface area contributed by atoms with Gasteiger partial charge in [-0.15, -0.1) is 0 Å². The average Bonchev–Trinajstić information content (AvgIpc) is 2.36. The third-order valence-electron chi connectivity index (χ3n) is 4.71. The van der Waals surface area contributed by atoms with Crippen molar-refractivity contribution in [2.24, 2.45) is 23.0 Å². The lowest BCUT2D eigenvalue weighted by atomic mass is 9.74. The van der Waals surface area contributed by atoms with Gasteiger partial charge in [-0.3, -0.25) is 4.79 Å². The lowest BCUT2D eigenvalue weighted by Gasteiger charge is -2.31. The van der Waals surface area contributed by atoms with Crippen molar-refractivity contribution in [2.75, 3.05) is 7.05 Å². The fraction of sp³-hybridized carbons (Fsp3) is 0.933. The van der Waals surface area contributed by atoms with Gasteiger partial charge < -0.3 is 11.1 Å². The van der Waals surface area contributed by atoms with Crippen LogP contribution in [0, 0.1) is 17.3 Å². The van der Waals surface area contributed by atoms with Crippen LogP contribution in [0.3, 0.4) is 0 Å². The molecule has 0 aliphatic rings. The van der Waals surface area contributed by atoms with Crippen LogP contribution in [0.4, 0.5) is 0 Å². The van der Waals surface area contributed by atoms with E-state index in [1.807, 2.05) is 14.0 Å². The topological polar surface area (TPSA) is 55.1 Å². The smallest absolute Gasteiger partial charge is 0.223 e. The fourth-order valence-electron chi connectivity index (χ4n) is 2.47. The normalized spacial score (nSPS) is 19.9.